The van der Waals surface area contributed by atoms with Gasteiger partial charge in [-0.05, 0) is 6.42 Å². The Morgan fingerprint density at radius 1 is 0.905 bits per heavy atom. The van der Waals surface area contributed by atoms with Crippen molar-refractivity contribution in [2.24, 2.45) is 5.92 Å². The van der Waals surface area contributed by atoms with E-state index in [9.17, 15) is 14.4 Å². The van der Waals surface area contributed by atoms with Gasteiger partial charge in [-0.3, -0.25) is 14.4 Å². The quantitative estimate of drug-likeness (QED) is 0.569. The molecule has 120 valence electrons. The fourth-order valence-corrected chi connectivity index (χ4v) is 2.45. The summed E-state index contributed by atoms with van der Waals surface area (Å²) in [4.78, 5) is 33.8. The molecule has 21 heavy (non-hydrogen) atoms. The molecule has 0 saturated carbocycles. The van der Waals surface area contributed by atoms with E-state index >= 15 is 0 Å². The lowest BCUT2D eigenvalue weighted by Crippen LogP contribution is -2.57. The molecule has 0 bridgehead atoms. The lowest BCUT2D eigenvalue weighted by atomic mass is 9.89. The number of carbonyl (C=O) groups is 3. The van der Waals surface area contributed by atoms with Crippen LogP contribution >= 0.6 is 0 Å². The molecule has 0 unspecified atom stereocenters. The Kier molecular flexibility index (Phi) is 6.14. The number of carbonyl (C=O) groups excluding carboxylic acids is 3. The number of hydrogen-bond donors (Lipinski definition) is 0. The molecule has 0 spiro atoms. The normalized spacial score (nSPS) is 32.1. The van der Waals surface area contributed by atoms with E-state index in [0.717, 1.165) is 0 Å². The van der Waals surface area contributed by atoms with Crippen molar-refractivity contribution >= 4 is 17.9 Å². The molecule has 1 rings (SSSR count). The van der Waals surface area contributed by atoms with Crippen LogP contribution in [-0.4, -0.2) is 42.5 Å². The van der Waals surface area contributed by atoms with Gasteiger partial charge in [0.05, 0.1) is 6.10 Å². The summed E-state index contributed by atoms with van der Waals surface area (Å²) in [6.07, 6.45) is -2.42. The lowest BCUT2D eigenvalue weighted by Gasteiger charge is -2.43. The number of rotatable bonds is 4. The third-order valence-electron chi connectivity index (χ3n) is 3.29. The van der Waals surface area contributed by atoms with Crippen molar-refractivity contribution in [3.63, 3.8) is 0 Å². The molecule has 0 aromatic carbocycles. The molecule has 1 fully saturated rings. The van der Waals surface area contributed by atoms with Gasteiger partial charge in [-0.2, -0.15) is 0 Å². The van der Waals surface area contributed by atoms with Gasteiger partial charge in [0, 0.05) is 26.7 Å². The minimum Gasteiger partial charge on any atom is -0.458 e. The lowest BCUT2D eigenvalue weighted by molar-refractivity contribution is -0.281. The van der Waals surface area contributed by atoms with Gasteiger partial charge in [0.2, 0.25) is 12.4 Å². The maximum absolute atomic E-state index is 11.3. The molecule has 1 aliphatic heterocycles. The maximum Gasteiger partial charge on any atom is 0.305 e. The molecule has 7 nitrogen and oxygen atoms in total. The molecule has 0 amide bonds. The second kappa shape index (κ2) is 7.40. The number of ether oxygens (including phenoxy) is 4. The molecule has 0 aromatic heterocycles. The SMILES string of the molecule is CC[C@H]1O[C@@H](OC(C)=O)[C@H](OC(C)=O)[C@@H](OC(C)=O)[C@@H]1C. The fourth-order valence-electron chi connectivity index (χ4n) is 2.45. The van der Waals surface area contributed by atoms with E-state index in [1.807, 2.05) is 13.8 Å². The van der Waals surface area contributed by atoms with E-state index in [-0.39, 0.29) is 12.0 Å². The van der Waals surface area contributed by atoms with Crippen LogP contribution in [0.25, 0.3) is 0 Å². The van der Waals surface area contributed by atoms with Crippen molar-refractivity contribution in [3.05, 3.63) is 0 Å². The van der Waals surface area contributed by atoms with E-state index in [1.54, 1.807) is 0 Å². The maximum atomic E-state index is 11.3. The van der Waals surface area contributed by atoms with Crippen LogP contribution in [0, 0.1) is 5.92 Å². The predicted molar refractivity (Wildman–Crippen MR) is 71.0 cm³/mol. The molecular formula is C14H22O7. The Balaban J connectivity index is 3.05. The van der Waals surface area contributed by atoms with Gasteiger partial charge in [-0.25, -0.2) is 0 Å². The molecule has 1 saturated heterocycles. The van der Waals surface area contributed by atoms with Gasteiger partial charge >= 0.3 is 17.9 Å². The summed E-state index contributed by atoms with van der Waals surface area (Å²) in [5.41, 5.74) is 0. The summed E-state index contributed by atoms with van der Waals surface area (Å²) in [6, 6.07) is 0. The van der Waals surface area contributed by atoms with Crippen molar-refractivity contribution < 1.29 is 33.3 Å². The standard InChI is InChI=1S/C14H22O7/c1-6-11-7(2)12(18-8(3)15)13(19-9(4)16)14(21-11)20-10(5)17/h7,11-14H,6H2,1-5H3/t7-,11-,12+,13-,14-/m1/s1. The molecule has 7 heteroatoms. The molecule has 1 aliphatic rings. The van der Waals surface area contributed by atoms with E-state index in [0.29, 0.717) is 6.42 Å². The van der Waals surface area contributed by atoms with Gasteiger partial charge in [0.1, 0.15) is 6.10 Å². The van der Waals surface area contributed by atoms with Crippen LogP contribution in [0.5, 0.6) is 0 Å². The largest absolute Gasteiger partial charge is 0.458 e. The second-order valence-corrected chi connectivity index (χ2v) is 5.07. The van der Waals surface area contributed by atoms with E-state index < -0.39 is 36.4 Å². The molecule has 0 aromatic rings. The molecule has 1 heterocycles. The van der Waals surface area contributed by atoms with Crippen LogP contribution in [0.15, 0.2) is 0 Å². The number of esters is 3. The summed E-state index contributed by atoms with van der Waals surface area (Å²) in [5.74, 6) is -1.83. The highest BCUT2D eigenvalue weighted by Gasteiger charge is 2.48. The first-order valence-electron chi connectivity index (χ1n) is 6.93. The Hall–Kier alpha value is -1.63. The highest BCUT2D eigenvalue weighted by atomic mass is 16.7. The first kappa shape index (κ1) is 17.4. The Labute approximate surface area is 123 Å². The average molecular weight is 302 g/mol. The Morgan fingerprint density at radius 3 is 1.81 bits per heavy atom. The van der Waals surface area contributed by atoms with Gasteiger partial charge in [0.15, 0.2) is 0 Å². The zero-order valence-corrected chi connectivity index (χ0v) is 13.0. The van der Waals surface area contributed by atoms with Crippen molar-refractivity contribution in [1.82, 2.24) is 0 Å². The molecule has 0 N–H and O–H groups in total. The Bertz CT molecular complexity index is 406. The van der Waals surface area contributed by atoms with Gasteiger partial charge in [-0.15, -0.1) is 0 Å². The van der Waals surface area contributed by atoms with Crippen LogP contribution in [0.4, 0.5) is 0 Å². The van der Waals surface area contributed by atoms with Crippen LogP contribution in [-0.2, 0) is 33.3 Å². The van der Waals surface area contributed by atoms with Gasteiger partial charge in [-0.1, -0.05) is 13.8 Å². The van der Waals surface area contributed by atoms with Crippen LogP contribution in [0.1, 0.15) is 41.0 Å². The average Bonchev–Trinajstić information content (AvgIpc) is 2.35. The van der Waals surface area contributed by atoms with E-state index in [4.69, 9.17) is 18.9 Å². The minimum atomic E-state index is -1.09. The highest BCUT2D eigenvalue weighted by Crippen LogP contribution is 2.32. The van der Waals surface area contributed by atoms with Crippen molar-refractivity contribution in [1.29, 1.82) is 0 Å². The topological polar surface area (TPSA) is 88.1 Å². The zero-order chi connectivity index (χ0) is 16.2. The fraction of sp³-hybridized carbons (Fsp3) is 0.786. The summed E-state index contributed by atoms with van der Waals surface area (Å²) in [6.45, 7) is 7.47. The smallest absolute Gasteiger partial charge is 0.305 e. The second-order valence-electron chi connectivity index (χ2n) is 5.07. The summed E-state index contributed by atoms with van der Waals surface area (Å²) >= 11 is 0. The zero-order valence-electron chi connectivity index (χ0n) is 13.0. The van der Waals surface area contributed by atoms with Crippen LogP contribution in [0.2, 0.25) is 0 Å². The first-order valence-corrected chi connectivity index (χ1v) is 6.93. The predicted octanol–water partition coefficient (Wildman–Crippen LogP) is 1.18. The first-order chi connectivity index (χ1) is 9.76. The summed E-state index contributed by atoms with van der Waals surface area (Å²) in [7, 11) is 0. The Morgan fingerprint density at radius 2 is 1.38 bits per heavy atom. The van der Waals surface area contributed by atoms with Crippen molar-refractivity contribution in [2.75, 3.05) is 0 Å². The third kappa shape index (κ3) is 4.70. The molecule has 5 atom stereocenters. The summed E-state index contributed by atoms with van der Waals surface area (Å²) < 4.78 is 21.2. The van der Waals surface area contributed by atoms with Gasteiger partial charge in [0.25, 0.3) is 0 Å². The molecule has 0 radical (unpaired) electrons. The molecular weight excluding hydrogens is 280 g/mol. The number of hydrogen-bond acceptors (Lipinski definition) is 7. The third-order valence-corrected chi connectivity index (χ3v) is 3.29. The van der Waals surface area contributed by atoms with E-state index in [2.05, 4.69) is 0 Å². The van der Waals surface area contributed by atoms with Crippen LogP contribution in [0.3, 0.4) is 0 Å². The van der Waals surface area contributed by atoms with Crippen molar-refractivity contribution in [2.45, 2.75) is 65.6 Å². The minimum absolute atomic E-state index is 0.199. The highest BCUT2D eigenvalue weighted by molar-refractivity contribution is 5.68. The summed E-state index contributed by atoms with van der Waals surface area (Å²) in [5, 5.41) is 0. The van der Waals surface area contributed by atoms with E-state index in [1.165, 1.54) is 20.8 Å². The van der Waals surface area contributed by atoms with Crippen molar-refractivity contribution in [3.8, 4) is 0 Å². The molecule has 0 aliphatic carbocycles. The van der Waals surface area contributed by atoms with Crippen LogP contribution < -0.4 is 0 Å². The van der Waals surface area contributed by atoms with Gasteiger partial charge < -0.3 is 18.9 Å². The monoisotopic (exact) mass is 302 g/mol.